The molecule has 3 rings (SSSR count). The molecule has 0 unspecified atom stereocenters. The zero-order chi connectivity index (χ0) is 21.0. The van der Waals surface area contributed by atoms with Crippen molar-refractivity contribution in [2.75, 3.05) is 44.8 Å². The summed E-state index contributed by atoms with van der Waals surface area (Å²) in [5.74, 6) is -0.536. The number of benzene rings is 1. The van der Waals surface area contributed by atoms with Gasteiger partial charge in [-0.1, -0.05) is 0 Å². The Hall–Kier alpha value is -1.97. The molecular weight excluding hydrogens is 394 g/mol. The molecule has 160 valence electrons. The zero-order valence-corrected chi connectivity index (χ0v) is 17.8. The van der Waals surface area contributed by atoms with E-state index in [1.165, 1.54) is 11.2 Å². The number of hydrogen-bond donors (Lipinski definition) is 1. The fourth-order valence-corrected chi connectivity index (χ4v) is 5.58. The number of carbonyl (C=O) groups is 2. The van der Waals surface area contributed by atoms with Crippen molar-refractivity contribution in [1.82, 2.24) is 9.62 Å². The summed E-state index contributed by atoms with van der Waals surface area (Å²) in [4.78, 5) is 26.1. The lowest BCUT2D eigenvalue weighted by molar-refractivity contribution is -0.126. The first kappa shape index (κ1) is 21.7. The van der Waals surface area contributed by atoms with Gasteiger partial charge in [0, 0.05) is 45.9 Å². The van der Waals surface area contributed by atoms with Crippen LogP contribution in [0.1, 0.15) is 31.7 Å². The predicted octanol–water partition coefficient (Wildman–Crippen LogP) is 1.15. The molecule has 1 saturated heterocycles. The van der Waals surface area contributed by atoms with Crippen molar-refractivity contribution in [3.63, 3.8) is 0 Å². The van der Waals surface area contributed by atoms with E-state index in [1.807, 2.05) is 0 Å². The average molecular weight is 424 g/mol. The third-order valence-corrected chi connectivity index (χ3v) is 7.41. The van der Waals surface area contributed by atoms with Gasteiger partial charge in [-0.15, -0.1) is 0 Å². The van der Waals surface area contributed by atoms with E-state index in [0.29, 0.717) is 39.1 Å². The first-order valence-electron chi connectivity index (χ1n) is 10.0. The summed E-state index contributed by atoms with van der Waals surface area (Å²) in [5, 5.41) is 2.80. The molecule has 29 heavy (non-hydrogen) atoms. The lowest BCUT2D eigenvalue weighted by atomic mass is 9.99. The molecule has 1 atom stereocenters. The van der Waals surface area contributed by atoms with Crippen molar-refractivity contribution in [3.05, 3.63) is 23.8 Å². The lowest BCUT2D eigenvalue weighted by Crippen LogP contribution is -2.45. The van der Waals surface area contributed by atoms with Crippen molar-refractivity contribution >= 4 is 27.5 Å². The minimum Gasteiger partial charge on any atom is -0.383 e. The van der Waals surface area contributed by atoms with Crippen LogP contribution in [0, 0.1) is 5.92 Å². The molecule has 0 aliphatic carbocycles. The molecule has 1 N–H and O–H groups in total. The number of sulfonamides is 1. The second-order valence-corrected chi connectivity index (χ2v) is 9.49. The van der Waals surface area contributed by atoms with Crippen LogP contribution in [0.25, 0.3) is 0 Å². The van der Waals surface area contributed by atoms with Crippen molar-refractivity contribution in [1.29, 1.82) is 0 Å². The van der Waals surface area contributed by atoms with Crippen LogP contribution in [0.2, 0.25) is 0 Å². The highest BCUT2D eigenvalue weighted by molar-refractivity contribution is 7.89. The number of nitrogens with zero attached hydrogens (tertiary/aromatic N) is 2. The topological polar surface area (TPSA) is 96.0 Å². The van der Waals surface area contributed by atoms with Crippen LogP contribution in [-0.4, -0.2) is 64.4 Å². The van der Waals surface area contributed by atoms with Gasteiger partial charge in [-0.3, -0.25) is 9.59 Å². The molecule has 8 nitrogen and oxygen atoms in total. The summed E-state index contributed by atoms with van der Waals surface area (Å²) in [6, 6.07) is 4.97. The van der Waals surface area contributed by atoms with E-state index in [1.54, 1.807) is 30.2 Å². The van der Waals surface area contributed by atoms with E-state index >= 15 is 0 Å². The molecule has 1 aromatic carbocycles. The largest absolute Gasteiger partial charge is 0.383 e. The number of rotatable bonds is 6. The van der Waals surface area contributed by atoms with E-state index in [9.17, 15) is 18.0 Å². The Kier molecular flexibility index (Phi) is 6.92. The number of amides is 2. The molecule has 2 amide bonds. The summed E-state index contributed by atoms with van der Waals surface area (Å²) in [7, 11) is -2.13. The molecule has 0 spiro atoms. The number of methoxy groups -OCH3 is 1. The molecule has 9 heteroatoms. The molecule has 0 bridgehead atoms. The molecule has 2 aliphatic heterocycles. The van der Waals surface area contributed by atoms with Crippen LogP contribution in [0.3, 0.4) is 0 Å². The van der Waals surface area contributed by atoms with Crippen molar-refractivity contribution in [2.24, 2.45) is 5.92 Å². The first-order valence-corrected chi connectivity index (χ1v) is 11.5. The Bertz CT molecular complexity index is 871. The number of piperidine rings is 1. The van der Waals surface area contributed by atoms with Gasteiger partial charge in [0.1, 0.15) is 0 Å². The van der Waals surface area contributed by atoms with Gasteiger partial charge >= 0.3 is 0 Å². The molecule has 1 fully saturated rings. The Morgan fingerprint density at radius 3 is 2.76 bits per heavy atom. The Labute approximate surface area is 172 Å². The summed E-state index contributed by atoms with van der Waals surface area (Å²) in [6.45, 7) is 3.59. The first-order chi connectivity index (χ1) is 13.8. The van der Waals surface area contributed by atoms with Gasteiger partial charge < -0.3 is 15.0 Å². The Balaban J connectivity index is 1.76. The van der Waals surface area contributed by atoms with Crippen LogP contribution in [0.5, 0.6) is 0 Å². The van der Waals surface area contributed by atoms with Crippen molar-refractivity contribution in [2.45, 2.75) is 37.5 Å². The number of hydrogen-bond acceptors (Lipinski definition) is 5. The van der Waals surface area contributed by atoms with Gasteiger partial charge in [-0.2, -0.15) is 4.31 Å². The number of fused-ring (bicyclic) bond motifs is 1. The summed E-state index contributed by atoms with van der Waals surface area (Å²) >= 11 is 0. The maximum absolute atomic E-state index is 13.2. The normalized spacial score (nSPS) is 20.2. The van der Waals surface area contributed by atoms with Crippen LogP contribution in [-0.2, 0) is 30.8 Å². The van der Waals surface area contributed by atoms with Gasteiger partial charge in [0.15, 0.2) is 0 Å². The highest BCUT2D eigenvalue weighted by atomic mass is 32.2. The number of ether oxygens (including phenoxy) is 1. The third-order valence-electron chi connectivity index (χ3n) is 5.55. The number of aryl methyl sites for hydroxylation is 1. The Morgan fingerprint density at radius 1 is 1.24 bits per heavy atom. The van der Waals surface area contributed by atoms with Crippen LogP contribution < -0.4 is 10.2 Å². The standard InChI is InChI=1S/C20H29N3O5S/c1-15(24)23-11-4-5-16-13-18(7-8-19(16)23)29(26,27)22-10-3-6-17(14-22)20(25)21-9-12-28-2/h7-8,13,17H,3-6,9-12,14H2,1-2H3,(H,21,25)/t17-/m0/s1. The molecule has 0 aromatic heterocycles. The van der Waals surface area contributed by atoms with Crippen molar-refractivity contribution in [3.8, 4) is 0 Å². The Morgan fingerprint density at radius 2 is 2.03 bits per heavy atom. The second kappa shape index (κ2) is 9.23. The SMILES string of the molecule is COCCNC(=O)[C@H]1CCCN(S(=O)(=O)c2ccc3c(c2)CCCN3C(C)=O)C1. The monoisotopic (exact) mass is 423 g/mol. The van der Waals surface area contributed by atoms with E-state index in [4.69, 9.17) is 4.74 Å². The van der Waals surface area contributed by atoms with Gasteiger partial charge in [-0.25, -0.2) is 8.42 Å². The quantitative estimate of drug-likeness (QED) is 0.693. The van der Waals surface area contributed by atoms with E-state index in [2.05, 4.69) is 5.32 Å². The number of nitrogens with one attached hydrogen (secondary N) is 1. The molecule has 0 radical (unpaired) electrons. The van der Waals surface area contributed by atoms with Gasteiger partial charge in [0.25, 0.3) is 0 Å². The maximum Gasteiger partial charge on any atom is 0.243 e. The second-order valence-electron chi connectivity index (χ2n) is 7.55. The zero-order valence-electron chi connectivity index (χ0n) is 17.0. The highest BCUT2D eigenvalue weighted by Gasteiger charge is 2.34. The summed E-state index contributed by atoms with van der Waals surface area (Å²) in [6.07, 6.45) is 2.86. The molecule has 1 aromatic rings. The van der Waals surface area contributed by atoms with Crippen LogP contribution >= 0.6 is 0 Å². The predicted molar refractivity (Wildman–Crippen MR) is 109 cm³/mol. The number of carbonyl (C=O) groups excluding carboxylic acids is 2. The minimum atomic E-state index is -3.70. The molecule has 2 heterocycles. The minimum absolute atomic E-state index is 0.0417. The smallest absolute Gasteiger partial charge is 0.243 e. The fraction of sp³-hybridized carbons (Fsp3) is 0.600. The van der Waals surface area contributed by atoms with Gasteiger partial charge in [0.2, 0.25) is 21.8 Å². The van der Waals surface area contributed by atoms with E-state index < -0.39 is 10.0 Å². The van der Waals surface area contributed by atoms with Gasteiger partial charge in [0.05, 0.1) is 17.4 Å². The molecule has 2 aliphatic rings. The molecule has 0 saturated carbocycles. The van der Waals surface area contributed by atoms with E-state index in [-0.39, 0.29) is 29.2 Å². The molecular formula is C20H29N3O5S. The van der Waals surface area contributed by atoms with Crippen LogP contribution in [0.4, 0.5) is 5.69 Å². The van der Waals surface area contributed by atoms with Crippen molar-refractivity contribution < 1.29 is 22.7 Å². The van der Waals surface area contributed by atoms with Gasteiger partial charge in [-0.05, 0) is 49.4 Å². The summed E-state index contributed by atoms with van der Waals surface area (Å²) in [5.41, 5.74) is 1.66. The van der Waals surface area contributed by atoms with E-state index in [0.717, 1.165) is 24.1 Å². The number of anilines is 1. The average Bonchev–Trinajstić information content (AvgIpc) is 2.73. The third kappa shape index (κ3) is 4.79. The van der Waals surface area contributed by atoms with Crippen LogP contribution in [0.15, 0.2) is 23.1 Å². The lowest BCUT2D eigenvalue weighted by Gasteiger charge is -2.32. The fourth-order valence-electron chi connectivity index (χ4n) is 4.01. The highest BCUT2D eigenvalue weighted by Crippen LogP contribution is 2.31. The maximum atomic E-state index is 13.2. The summed E-state index contributed by atoms with van der Waals surface area (Å²) < 4.78 is 32.8.